The van der Waals surface area contributed by atoms with Crippen molar-refractivity contribution in [3.05, 3.63) is 34.9 Å². The molecule has 0 heterocycles. The second-order valence-electron chi connectivity index (χ2n) is 2.85. The van der Waals surface area contributed by atoms with Gasteiger partial charge in [0, 0.05) is 17.1 Å². The van der Waals surface area contributed by atoms with Crippen LogP contribution in [0.4, 0.5) is 5.69 Å². The second-order valence-corrected chi connectivity index (χ2v) is 3.28. The Morgan fingerprint density at radius 3 is 2.79 bits per heavy atom. The Hall–Kier alpha value is -1.48. The van der Waals surface area contributed by atoms with Crippen LogP contribution in [0.1, 0.15) is 12.0 Å². The Balaban J connectivity index is 2.76. The first-order chi connectivity index (χ1) is 6.59. The van der Waals surface area contributed by atoms with Gasteiger partial charge in [-0.25, -0.2) is 0 Å². The SMILES string of the molecule is NC(=O)CC=Cc1ccc(Cl)cc1N. The third kappa shape index (κ3) is 3.11. The number of carbonyl (C=O) groups is 1. The number of hydrogen-bond acceptors (Lipinski definition) is 2. The lowest BCUT2D eigenvalue weighted by atomic mass is 10.1. The third-order valence-corrected chi connectivity index (χ3v) is 1.90. The fourth-order valence-electron chi connectivity index (χ4n) is 0.999. The molecule has 0 aliphatic heterocycles. The molecule has 1 amide bonds. The molecule has 3 nitrogen and oxygen atoms in total. The van der Waals surface area contributed by atoms with Crippen molar-refractivity contribution >= 4 is 29.3 Å². The minimum absolute atomic E-state index is 0.210. The number of rotatable bonds is 3. The monoisotopic (exact) mass is 210 g/mol. The average Bonchev–Trinajstić information content (AvgIpc) is 2.08. The number of amides is 1. The van der Waals surface area contributed by atoms with E-state index < -0.39 is 0 Å². The maximum absolute atomic E-state index is 10.4. The fraction of sp³-hybridized carbons (Fsp3) is 0.100. The molecule has 0 aliphatic rings. The van der Waals surface area contributed by atoms with Crippen molar-refractivity contribution in [2.45, 2.75) is 6.42 Å². The predicted octanol–water partition coefficient (Wildman–Crippen LogP) is 1.81. The van der Waals surface area contributed by atoms with Crippen LogP contribution in [0.2, 0.25) is 5.02 Å². The van der Waals surface area contributed by atoms with E-state index in [0.717, 1.165) is 5.56 Å². The van der Waals surface area contributed by atoms with E-state index in [-0.39, 0.29) is 12.3 Å². The van der Waals surface area contributed by atoms with Crippen molar-refractivity contribution in [3.63, 3.8) is 0 Å². The summed E-state index contributed by atoms with van der Waals surface area (Å²) in [7, 11) is 0. The molecule has 0 radical (unpaired) electrons. The van der Waals surface area contributed by atoms with Gasteiger partial charge in [0.25, 0.3) is 0 Å². The van der Waals surface area contributed by atoms with Crippen LogP contribution in [-0.2, 0) is 4.79 Å². The number of nitrogen functional groups attached to an aromatic ring is 1. The minimum Gasteiger partial charge on any atom is -0.398 e. The first-order valence-corrected chi connectivity index (χ1v) is 4.47. The Labute approximate surface area is 87.3 Å². The van der Waals surface area contributed by atoms with Crippen molar-refractivity contribution in [2.24, 2.45) is 5.73 Å². The van der Waals surface area contributed by atoms with E-state index in [0.29, 0.717) is 10.7 Å². The van der Waals surface area contributed by atoms with Crippen molar-refractivity contribution in [2.75, 3.05) is 5.73 Å². The average molecular weight is 211 g/mol. The van der Waals surface area contributed by atoms with Gasteiger partial charge in [0.15, 0.2) is 0 Å². The van der Waals surface area contributed by atoms with E-state index in [1.54, 1.807) is 30.4 Å². The summed E-state index contributed by atoms with van der Waals surface area (Å²) in [6.45, 7) is 0. The molecule has 0 atom stereocenters. The summed E-state index contributed by atoms with van der Waals surface area (Å²) in [6.07, 6.45) is 3.63. The van der Waals surface area contributed by atoms with Crippen molar-refractivity contribution in [3.8, 4) is 0 Å². The second kappa shape index (κ2) is 4.67. The summed E-state index contributed by atoms with van der Waals surface area (Å²) in [5.74, 6) is -0.367. The Morgan fingerprint density at radius 2 is 2.21 bits per heavy atom. The van der Waals surface area contributed by atoms with E-state index in [4.69, 9.17) is 23.1 Å². The highest BCUT2D eigenvalue weighted by molar-refractivity contribution is 6.30. The Morgan fingerprint density at radius 1 is 1.50 bits per heavy atom. The molecule has 0 saturated heterocycles. The number of carbonyl (C=O) groups excluding carboxylic acids is 1. The summed E-state index contributed by atoms with van der Waals surface area (Å²) >= 11 is 5.72. The van der Waals surface area contributed by atoms with Gasteiger partial charge in [-0.05, 0) is 17.7 Å². The van der Waals surface area contributed by atoms with E-state index in [9.17, 15) is 4.79 Å². The molecule has 0 bridgehead atoms. The van der Waals surface area contributed by atoms with Gasteiger partial charge in [-0.15, -0.1) is 0 Å². The number of halogens is 1. The molecule has 1 aromatic carbocycles. The van der Waals surface area contributed by atoms with Crippen LogP contribution in [0, 0.1) is 0 Å². The molecule has 0 aromatic heterocycles. The number of hydrogen-bond donors (Lipinski definition) is 2. The van der Waals surface area contributed by atoms with Crippen LogP contribution in [0.25, 0.3) is 6.08 Å². The molecule has 0 unspecified atom stereocenters. The van der Waals surface area contributed by atoms with Gasteiger partial charge in [0.1, 0.15) is 0 Å². The molecule has 0 fully saturated rings. The van der Waals surface area contributed by atoms with Crippen molar-refractivity contribution < 1.29 is 4.79 Å². The topological polar surface area (TPSA) is 69.1 Å². The molecule has 1 rings (SSSR count). The van der Waals surface area contributed by atoms with E-state index >= 15 is 0 Å². The molecule has 0 aliphatic carbocycles. The van der Waals surface area contributed by atoms with Crippen LogP contribution in [0.3, 0.4) is 0 Å². The van der Waals surface area contributed by atoms with Crippen LogP contribution in [0.5, 0.6) is 0 Å². The van der Waals surface area contributed by atoms with Crippen LogP contribution < -0.4 is 11.5 Å². The smallest absolute Gasteiger partial charge is 0.221 e. The van der Waals surface area contributed by atoms with Crippen molar-refractivity contribution in [1.29, 1.82) is 0 Å². The number of nitrogens with two attached hydrogens (primary N) is 2. The molecular weight excluding hydrogens is 200 g/mol. The molecule has 0 spiro atoms. The quantitative estimate of drug-likeness (QED) is 0.748. The van der Waals surface area contributed by atoms with E-state index in [1.807, 2.05) is 0 Å². The lowest BCUT2D eigenvalue weighted by Gasteiger charge is -1.99. The first kappa shape index (κ1) is 10.6. The molecule has 4 heteroatoms. The summed E-state index contributed by atoms with van der Waals surface area (Å²) in [5.41, 5.74) is 12.1. The molecular formula is C10H11ClN2O. The van der Waals surface area contributed by atoms with Gasteiger partial charge in [-0.2, -0.15) is 0 Å². The molecule has 4 N–H and O–H groups in total. The van der Waals surface area contributed by atoms with Gasteiger partial charge in [0.05, 0.1) is 0 Å². The van der Waals surface area contributed by atoms with Gasteiger partial charge < -0.3 is 11.5 Å². The molecule has 14 heavy (non-hydrogen) atoms. The summed E-state index contributed by atoms with van der Waals surface area (Å²) < 4.78 is 0. The first-order valence-electron chi connectivity index (χ1n) is 4.09. The van der Waals surface area contributed by atoms with Crippen molar-refractivity contribution in [1.82, 2.24) is 0 Å². The molecule has 1 aromatic rings. The zero-order chi connectivity index (χ0) is 10.6. The van der Waals surface area contributed by atoms with Crippen LogP contribution in [-0.4, -0.2) is 5.91 Å². The minimum atomic E-state index is -0.367. The lowest BCUT2D eigenvalue weighted by Crippen LogP contribution is -2.07. The van der Waals surface area contributed by atoms with Crippen LogP contribution >= 0.6 is 11.6 Å². The molecule has 0 saturated carbocycles. The Kier molecular flexibility index (Phi) is 3.54. The van der Waals surface area contributed by atoms with Gasteiger partial charge in [-0.1, -0.05) is 29.8 Å². The maximum Gasteiger partial charge on any atom is 0.221 e. The highest BCUT2D eigenvalue weighted by atomic mass is 35.5. The fourth-order valence-corrected chi connectivity index (χ4v) is 1.18. The van der Waals surface area contributed by atoms with Gasteiger partial charge in [0.2, 0.25) is 5.91 Å². The lowest BCUT2D eigenvalue weighted by molar-refractivity contribution is -0.117. The standard InChI is InChI=1S/C10H11ClN2O/c11-8-5-4-7(9(12)6-8)2-1-3-10(13)14/h1-2,4-6H,3,12H2,(H2,13,14). The van der Waals surface area contributed by atoms with Gasteiger partial charge in [-0.3, -0.25) is 4.79 Å². The van der Waals surface area contributed by atoms with E-state index in [1.165, 1.54) is 0 Å². The third-order valence-electron chi connectivity index (χ3n) is 1.67. The highest BCUT2D eigenvalue weighted by Crippen LogP contribution is 2.19. The normalized spacial score (nSPS) is 10.6. The maximum atomic E-state index is 10.4. The zero-order valence-electron chi connectivity index (χ0n) is 7.53. The van der Waals surface area contributed by atoms with Gasteiger partial charge >= 0.3 is 0 Å². The largest absolute Gasteiger partial charge is 0.398 e. The number of benzene rings is 1. The Bertz CT molecular complexity index is 374. The zero-order valence-corrected chi connectivity index (χ0v) is 8.29. The van der Waals surface area contributed by atoms with Crippen LogP contribution in [0.15, 0.2) is 24.3 Å². The summed E-state index contributed by atoms with van der Waals surface area (Å²) in [4.78, 5) is 10.4. The highest BCUT2D eigenvalue weighted by Gasteiger charge is 1.95. The number of anilines is 1. The summed E-state index contributed by atoms with van der Waals surface area (Å²) in [6, 6.07) is 5.18. The number of primary amides is 1. The summed E-state index contributed by atoms with van der Waals surface area (Å²) in [5, 5.41) is 0.592. The molecule has 74 valence electrons. The van der Waals surface area contributed by atoms with E-state index in [2.05, 4.69) is 0 Å². The predicted molar refractivity (Wildman–Crippen MR) is 58.7 cm³/mol.